The number of thioether (sulfide) groups is 1. The van der Waals surface area contributed by atoms with E-state index in [0.717, 1.165) is 16.7 Å². The summed E-state index contributed by atoms with van der Waals surface area (Å²) in [7, 11) is 1.94. The monoisotopic (exact) mass is 371 g/mol. The molecule has 0 saturated heterocycles. The number of rotatable bonds is 7. The first-order valence-electron chi connectivity index (χ1n) is 7.84. The third-order valence-corrected chi connectivity index (χ3v) is 4.82. The van der Waals surface area contributed by atoms with Crippen molar-refractivity contribution < 1.29 is 4.74 Å². The van der Waals surface area contributed by atoms with Crippen molar-refractivity contribution in [2.45, 2.75) is 11.8 Å². The van der Waals surface area contributed by atoms with Gasteiger partial charge in [-0.05, 0) is 17.7 Å². The molecular weight excluding hydrogens is 354 g/mol. The highest BCUT2D eigenvalue weighted by atomic mass is 35.5. The third kappa shape index (κ3) is 4.87. The highest BCUT2D eigenvalue weighted by Gasteiger charge is 2.10. The minimum absolute atomic E-state index is 0.327. The Bertz CT molecular complexity index is 849. The zero-order valence-corrected chi connectivity index (χ0v) is 15.4. The van der Waals surface area contributed by atoms with Crippen molar-refractivity contribution in [3.05, 3.63) is 77.1 Å². The van der Waals surface area contributed by atoms with Crippen molar-refractivity contribution in [1.82, 2.24) is 14.8 Å². The molecule has 0 unspecified atom stereocenters. The maximum absolute atomic E-state index is 6.09. The second-order valence-electron chi connectivity index (χ2n) is 5.30. The predicted molar refractivity (Wildman–Crippen MR) is 103 cm³/mol. The number of nitrogens with zero attached hydrogens (tertiary/aromatic N) is 3. The molecule has 0 bridgehead atoms. The van der Waals surface area contributed by atoms with Gasteiger partial charge in [0, 0.05) is 12.8 Å². The van der Waals surface area contributed by atoms with Crippen molar-refractivity contribution >= 4 is 29.4 Å². The zero-order valence-electron chi connectivity index (χ0n) is 13.8. The lowest BCUT2D eigenvalue weighted by atomic mass is 10.2. The number of hydrogen-bond acceptors (Lipinski definition) is 4. The molecule has 0 aliphatic carbocycles. The number of halogens is 1. The first-order chi connectivity index (χ1) is 12.2. The van der Waals surface area contributed by atoms with Gasteiger partial charge in [0.15, 0.2) is 11.0 Å². The molecular formula is C19H18ClN3OS. The van der Waals surface area contributed by atoms with Crippen molar-refractivity contribution in [1.29, 1.82) is 0 Å². The van der Waals surface area contributed by atoms with Gasteiger partial charge >= 0.3 is 0 Å². The van der Waals surface area contributed by atoms with Crippen LogP contribution in [0.1, 0.15) is 11.4 Å². The second-order valence-corrected chi connectivity index (χ2v) is 6.70. The second kappa shape index (κ2) is 8.74. The minimum atomic E-state index is 0.327. The summed E-state index contributed by atoms with van der Waals surface area (Å²) in [5.41, 5.74) is 1.19. The number of benzene rings is 2. The Labute approximate surface area is 156 Å². The summed E-state index contributed by atoms with van der Waals surface area (Å²) in [6, 6.07) is 17.6. The average Bonchev–Trinajstić information content (AvgIpc) is 2.99. The quantitative estimate of drug-likeness (QED) is 0.556. The van der Waals surface area contributed by atoms with Crippen LogP contribution in [0.15, 0.2) is 65.8 Å². The molecule has 0 amide bonds. The third-order valence-electron chi connectivity index (χ3n) is 3.54. The maximum atomic E-state index is 6.09. The summed E-state index contributed by atoms with van der Waals surface area (Å²) in [5, 5.41) is 9.87. The van der Waals surface area contributed by atoms with Gasteiger partial charge in [0.1, 0.15) is 12.4 Å². The van der Waals surface area contributed by atoms with Crippen LogP contribution in [0.2, 0.25) is 5.02 Å². The minimum Gasteiger partial charge on any atom is -0.484 e. The van der Waals surface area contributed by atoms with E-state index in [0.29, 0.717) is 17.4 Å². The molecule has 0 saturated carbocycles. The molecule has 3 aromatic rings. The highest BCUT2D eigenvalue weighted by Crippen LogP contribution is 2.24. The van der Waals surface area contributed by atoms with Crippen molar-refractivity contribution in [2.24, 2.45) is 7.05 Å². The van der Waals surface area contributed by atoms with Crippen LogP contribution >= 0.6 is 23.4 Å². The Morgan fingerprint density at radius 2 is 1.84 bits per heavy atom. The standard InChI is InChI=1S/C19H18ClN3OS/c1-23-18(14-24-17-12-6-5-11-16(17)20)21-22-19(23)25-13-7-10-15-8-3-2-4-9-15/h2-12H,13-14H2,1H3/b10-7+. The smallest absolute Gasteiger partial charge is 0.191 e. The Balaban J connectivity index is 1.54. The van der Waals surface area contributed by atoms with Crippen molar-refractivity contribution in [3.63, 3.8) is 0 Å². The van der Waals surface area contributed by atoms with E-state index >= 15 is 0 Å². The summed E-state index contributed by atoms with van der Waals surface area (Å²) >= 11 is 7.72. The number of para-hydroxylation sites is 1. The van der Waals surface area contributed by atoms with Gasteiger partial charge in [0.05, 0.1) is 5.02 Å². The molecule has 128 valence electrons. The van der Waals surface area contributed by atoms with Crippen LogP contribution in [0.3, 0.4) is 0 Å². The van der Waals surface area contributed by atoms with Crippen LogP contribution in [0, 0.1) is 0 Å². The Kier molecular flexibility index (Phi) is 6.14. The summed E-state index contributed by atoms with van der Waals surface area (Å²) in [6.07, 6.45) is 4.22. The zero-order chi connectivity index (χ0) is 17.5. The lowest BCUT2D eigenvalue weighted by molar-refractivity contribution is 0.290. The summed E-state index contributed by atoms with van der Waals surface area (Å²) in [6.45, 7) is 0.327. The van der Waals surface area contributed by atoms with Gasteiger partial charge in [0.2, 0.25) is 0 Å². The molecule has 4 nitrogen and oxygen atoms in total. The molecule has 0 spiro atoms. The first-order valence-corrected chi connectivity index (χ1v) is 9.20. The molecule has 0 aliphatic rings. The van der Waals surface area contributed by atoms with E-state index in [9.17, 15) is 0 Å². The van der Waals surface area contributed by atoms with Crippen molar-refractivity contribution in [2.75, 3.05) is 5.75 Å². The number of ether oxygens (including phenoxy) is 1. The van der Waals surface area contributed by atoms with Crippen molar-refractivity contribution in [3.8, 4) is 5.75 Å². The fraction of sp³-hybridized carbons (Fsp3) is 0.158. The molecule has 0 atom stereocenters. The molecule has 0 N–H and O–H groups in total. The van der Waals surface area contributed by atoms with E-state index in [1.165, 1.54) is 5.56 Å². The molecule has 3 rings (SSSR count). The van der Waals surface area contributed by atoms with Gasteiger partial charge in [-0.15, -0.1) is 10.2 Å². The van der Waals surface area contributed by atoms with Gasteiger partial charge in [0.25, 0.3) is 0 Å². The van der Waals surface area contributed by atoms with E-state index in [1.807, 2.05) is 48.0 Å². The van der Waals surface area contributed by atoms with Gasteiger partial charge < -0.3 is 9.30 Å². The molecule has 0 fully saturated rings. The summed E-state index contributed by atoms with van der Waals surface area (Å²) in [4.78, 5) is 0. The van der Waals surface area contributed by atoms with Crippen LogP contribution in [0.25, 0.3) is 6.08 Å². The van der Waals surface area contributed by atoms with Gasteiger partial charge in [-0.2, -0.15) is 0 Å². The SMILES string of the molecule is Cn1c(COc2ccccc2Cl)nnc1SC/C=C/c1ccccc1. The molecule has 6 heteroatoms. The molecule has 1 heterocycles. The van der Waals surface area contributed by atoms with E-state index in [-0.39, 0.29) is 0 Å². The van der Waals surface area contributed by atoms with Crippen LogP contribution in [-0.4, -0.2) is 20.5 Å². The average molecular weight is 372 g/mol. The normalized spacial score (nSPS) is 11.1. The molecule has 2 aromatic carbocycles. The summed E-state index contributed by atoms with van der Waals surface area (Å²) in [5.74, 6) is 2.23. The fourth-order valence-corrected chi connectivity index (χ4v) is 3.10. The fourth-order valence-electron chi connectivity index (χ4n) is 2.17. The van der Waals surface area contributed by atoms with E-state index in [4.69, 9.17) is 16.3 Å². The molecule has 0 aliphatic heterocycles. The molecule has 1 aromatic heterocycles. The van der Waals surface area contributed by atoms with Gasteiger partial charge in [-0.3, -0.25) is 0 Å². The Hall–Kier alpha value is -2.24. The molecule has 25 heavy (non-hydrogen) atoms. The van der Waals surface area contributed by atoms with E-state index in [2.05, 4.69) is 34.5 Å². The number of aromatic nitrogens is 3. The van der Waals surface area contributed by atoms with Crippen LogP contribution in [-0.2, 0) is 13.7 Å². The van der Waals surface area contributed by atoms with Crippen LogP contribution < -0.4 is 4.74 Å². The predicted octanol–water partition coefficient (Wildman–Crippen LogP) is 4.85. The topological polar surface area (TPSA) is 39.9 Å². The highest BCUT2D eigenvalue weighted by molar-refractivity contribution is 7.99. The largest absolute Gasteiger partial charge is 0.484 e. The van der Waals surface area contributed by atoms with Gasteiger partial charge in [-0.1, -0.05) is 78.0 Å². The van der Waals surface area contributed by atoms with Gasteiger partial charge in [-0.25, -0.2) is 0 Å². The lowest BCUT2D eigenvalue weighted by Gasteiger charge is -2.07. The number of hydrogen-bond donors (Lipinski definition) is 0. The van der Waals surface area contributed by atoms with E-state index in [1.54, 1.807) is 17.8 Å². The van der Waals surface area contributed by atoms with Crippen LogP contribution in [0.4, 0.5) is 0 Å². The first kappa shape index (κ1) is 17.6. The van der Waals surface area contributed by atoms with Crippen LogP contribution in [0.5, 0.6) is 5.75 Å². The Morgan fingerprint density at radius 3 is 2.64 bits per heavy atom. The lowest BCUT2D eigenvalue weighted by Crippen LogP contribution is -2.04. The molecule has 0 radical (unpaired) electrons. The van der Waals surface area contributed by atoms with E-state index < -0.39 is 0 Å². The maximum Gasteiger partial charge on any atom is 0.191 e. The summed E-state index contributed by atoms with van der Waals surface area (Å²) < 4.78 is 7.66. The Morgan fingerprint density at radius 1 is 1.08 bits per heavy atom.